The SMILES string of the molecule is c1ccc(-c2cccc(N(c3ccc4ccc(-c5ccc(-c6ccc7ccccc7c6)cc5)cc4c3)c3cccc4sc5ccccc5c34)c2)cc1. The molecule has 0 aliphatic carbocycles. The molecule has 0 spiro atoms. The minimum Gasteiger partial charge on any atom is -0.310 e. The Balaban J connectivity index is 1.09. The molecule has 1 nitrogen and oxygen atoms in total. The van der Waals surface area contributed by atoms with Gasteiger partial charge in [-0.1, -0.05) is 146 Å². The average Bonchev–Trinajstić information content (AvgIpc) is 3.61. The van der Waals surface area contributed by atoms with Gasteiger partial charge in [0.1, 0.15) is 0 Å². The Kier molecular flexibility index (Phi) is 7.41. The van der Waals surface area contributed by atoms with Crippen LogP contribution in [0, 0.1) is 0 Å². The summed E-state index contributed by atoms with van der Waals surface area (Å²) in [5, 5.41) is 7.53. The summed E-state index contributed by atoms with van der Waals surface area (Å²) in [7, 11) is 0. The van der Waals surface area contributed by atoms with Crippen molar-refractivity contribution in [2.75, 3.05) is 4.90 Å². The molecule has 0 N–H and O–H groups in total. The standard InChI is InChI=1S/C50H33NS/c1-2-10-34(11-3-1)40-14-8-15-44(32-40)51(47-17-9-19-49-50(47)46-16-6-7-18-48(46)52-49)45-29-28-38-25-27-42(31-43(38)33-45)37-22-20-36(21-23-37)41-26-24-35-12-4-5-13-39(35)30-41/h1-33H. The molecular weight excluding hydrogens is 647 g/mol. The maximum atomic E-state index is 2.44. The molecule has 0 saturated heterocycles. The van der Waals surface area contributed by atoms with Crippen LogP contribution in [0.4, 0.5) is 17.1 Å². The van der Waals surface area contributed by atoms with Crippen molar-refractivity contribution in [2.45, 2.75) is 0 Å². The zero-order valence-electron chi connectivity index (χ0n) is 28.4. The molecule has 2 heteroatoms. The van der Waals surface area contributed by atoms with Crippen molar-refractivity contribution in [2.24, 2.45) is 0 Å². The van der Waals surface area contributed by atoms with Crippen LogP contribution in [0.1, 0.15) is 0 Å². The zero-order valence-corrected chi connectivity index (χ0v) is 29.2. The number of benzene rings is 9. The average molecular weight is 680 g/mol. The van der Waals surface area contributed by atoms with Crippen LogP contribution in [0.3, 0.4) is 0 Å². The summed E-state index contributed by atoms with van der Waals surface area (Å²) in [6.07, 6.45) is 0. The Morgan fingerprint density at radius 3 is 1.65 bits per heavy atom. The minimum atomic E-state index is 1.13. The van der Waals surface area contributed by atoms with Gasteiger partial charge in [-0.05, 0) is 110 Å². The fourth-order valence-corrected chi connectivity index (χ4v) is 8.73. The van der Waals surface area contributed by atoms with Gasteiger partial charge >= 0.3 is 0 Å². The molecule has 1 heterocycles. The van der Waals surface area contributed by atoms with E-state index in [0.717, 1.165) is 11.4 Å². The Labute approximate surface area is 307 Å². The lowest BCUT2D eigenvalue weighted by Gasteiger charge is -2.27. The van der Waals surface area contributed by atoms with E-state index in [2.05, 4.69) is 205 Å². The van der Waals surface area contributed by atoms with Gasteiger partial charge in [-0.3, -0.25) is 0 Å². The maximum Gasteiger partial charge on any atom is 0.0554 e. The quantitative estimate of drug-likeness (QED) is 0.169. The van der Waals surface area contributed by atoms with Crippen LogP contribution in [0.15, 0.2) is 200 Å². The van der Waals surface area contributed by atoms with Crippen LogP contribution < -0.4 is 4.90 Å². The van der Waals surface area contributed by atoms with Crippen molar-refractivity contribution in [3.63, 3.8) is 0 Å². The molecular formula is C50H33NS. The van der Waals surface area contributed by atoms with E-state index in [1.165, 1.54) is 80.8 Å². The fraction of sp³-hybridized carbons (Fsp3) is 0. The van der Waals surface area contributed by atoms with E-state index >= 15 is 0 Å². The van der Waals surface area contributed by atoms with Gasteiger partial charge in [-0.25, -0.2) is 0 Å². The third-order valence-corrected chi connectivity index (χ3v) is 11.4. The summed E-state index contributed by atoms with van der Waals surface area (Å²) in [4.78, 5) is 2.44. The first-order valence-electron chi connectivity index (χ1n) is 17.7. The summed E-state index contributed by atoms with van der Waals surface area (Å²) >= 11 is 1.86. The lowest BCUT2D eigenvalue weighted by molar-refractivity contribution is 1.31. The van der Waals surface area contributed by atoms with Crippen molar-refractivity contribution in [1.29, 1.82) is 0 Å². The van der Waals surface area contributed by atoms with Gasteiger partial charge in [-0.2, -0.15) is 0 Å². The highest BCUT2D eigenvalue weighted by molar-refractivity contribution is 7.26. The number of thiophene rings is 1. The molecule has 0 amide bonds. The molecule has 0 aliphatic rings. The lowest BCUT2D eigenvalue weighted by atomic mass is 9.97. The van der Waals surface area contributed by atoms with Crippen LogP contribution in [0.25, 0.3) is 75.1 Å². The molecule has 9 aromatic carbocycles. The van der Waals surface area contributed by atoms with Crippen LogP contribution in [0.2, 0.25) is 0 Å². The highest BCUT2D eigenvalue weighted by Gasteiger charge is 2.19. The normalized spacial score (nSPS) is 11.5. The monoisotopic (exact) mass is 679 g/mol. The lowest BCUT2D eigenvalue weighted by Crippen LogP contribution is -2.10. The highest BCUT2D eigenvalue weighted by Crippen LogP contribution is 2.46. The summed E-state index contributed by atoms with van der Waals surface area (Å²) in [6.45, 7) is 0. The van der Waals surface area contributed by atoms with Crippen LogP contribution in [0.5, 0.6) is 0 Å². The van der Waals surface area contributed by atoms with Crippen LogP contribution in [-0.2, 0) is 0 Å². The Hall–Kier alpha value is -6.48. The second-order valence-corrected chi connectivity index (χ2v) is 14.5. The number of anilines is 3. The largest absolute Gasteiger partial charge is 0.310 e. The Bertz CT molecular complexity index is 2900. The molecule has 0 radical (unpaired) electrons. The van der Waals surface area contributed by atoms with E-state index in [9.17, 15) is 0 Å². The fourth-order valence-electron chi connectivity index (χ4n) is 7.60. The van der Waals surface area contributed by atoms with Gasteiger partial charge in [-0.15, -0.1) is 11.3 Å². The van der Waals surface area contributed by atoms with Gasteiger partial charge in [0.25, 0.3) is 0 Å². The van der Waals surface area contributed by atoms with Crippen LogP contribution in [-0.4, -0.2) is 0 Å². The summed E-state index contributed by atoms with van der Waals surface area (Å²) < 4.78 is 2.59. The Morgan fingerprint density at radius 2 is 0.846 bits per heavy atom. The number of hydrogen-bond donors (Lipinski definition) is 0. The predicted octanol–water partition coefficient (Wildman–Crippen LogP) is 14.8. The Morgan fingerprint density at radius 1 is 0.308 bits per heavy atom. The summed E-state index contributed by atoms with van der Waals surface area (Å²) in [5.41, 5.74) is 10.7. The number of nitrogens with zero attached hydrogens (tertiary/aromatic N) is 1. The number of rotatable bonds is 6. The molecule has 10 aromatic rings. The van der Waals surface area contributed by atoms with E-state index in [1.54, 1.807) is 0 Å². The topological polar surface area (TPSA) is 3.24 Å². The molecule has 0 saturated carbocycles. The van der Waals surface area contributed by atoms with E-state index in [4.69, 9.17) is 0 Å². The summed E-state index contributed by atoms with van der Waals surface area (Å²) in [6, 6.07) is 73.0. The molecule has 10 rings (SSSR count). The number of fused-ring (bicyclic) bond motifs is 5. The van der Waals surface area contributed by atoms with E-state index in [0.29, 0.717) is 0 Å². The zero-order chi connectivity index (χ0) is 34.4. The van der Waals surface area contributed by atoms with E-state index < -0.39 is 0 Å². The number of hydrogen-bond acceptors (Lipinski definition) is 2. The molecule has 244 valence electrons. The van der Waals surface area contributed by atoms with Gasteiger partial charge in [0.05, 0.1) is 5.69 Å². The van der Waals surface area contributed by atoms with Crippen molar-refractivity contribution < 1.29 is 0 Å². The smallest absolute Gasteiger partial charge is 0.0554 e. The van der Waals surface area contributed by atoms with E-state index in [1.807, 2.05) is 11.3 Å². The minimum absolute atomic E-state index is 1.13. The molecule has 0 aliphatic heterocycles. The molecule has 0 fully saturated rings. The first kappa shape index (κ1) is 30.4. The van der Waals surface area contributed by atoms with E-state index in [-0.39, 0.29) is 0 Å². The second-order valence-electron chi connectivity index (χ2n) is 13.4. The molecule has 52 heavy (non-hydrogen) atoms. The van der Waals surface area contributed by atoms with Gasteiger partial charge in [0.15, 0.2) is 0 Å². The third-order valence-electron chi connectivity index (χ3n) is 10.2. The van der Waals surface area contributed by atoms with Crippen LogP contribution >= 0.6 is 11.3 Å². The molecule has 0 atom stereocenters. The second kappa shape index (κ2) is 12.7. The summed E-state index contributed by atoms with van der Waals surface area (Å²) in [5.74, 6) is 0. The van der Waals surface area contributed by atoms with Crippen molar-refractivity contribution >= 4 is 70.1 Å². The molecule has 0 bridgehead atoms. The van der Waals surface area contributed by atoms with Crippen molar-refractivity contribution in [3.8, 4) is 33.4 Å². The third kappa shape index (κ3) is 5.42. The molecule has 0 unspecified atom stereocenters. The highest BCUT2D eigenvalue weighted by atomic mass is 32.1. The maximum absolute atomic E-state index is 2.44. The van der Waals surface area contributed by atoms with Crippen molar-refractivity contribution in [3.05, 3.63) is 200 Å². The van der Waals surface area contributed by atoms with Gasteiger partial charge in [0.2, 0.25) is 0 Å². The first-order valence-corrected chi connectivity index (χ1v) is 18.6. The van der Waals surface area contributed by atoms with Gasteiger partial charge in [0, 0.05) is 31.5 Å². The first-order chi connectivity index (χ1) is 25.7. The molecule has 1 aromatic heterocycles. The van der Waals surface area contributed by atoms with Crippen molar-refractivity contribution in [1.82, 2.24) is 0 Å². The van der Waals surface area contributed by atoms with Gasteiger partial charge < -0.3 is 4.90 Å². The predicted molar refractivity (Wildman–Crippen MR) is 225 cm³/mol.